The molecule has 7 nitrogen and oxygen atoms in total. The van der Waals surface area contributed by atoms with E-state index in [1.807, 2.05) is 13.0 Å². The third-order valence-electron chi connectivity index (χ3n) is 5.25. The van der Waals surface area contributed by atoms with Crippen molar-refractivity contribution in [2.75, 3.05) is 31.8 Å². The van der Waals surface area contributed by atoms with Crippen molar-refractivity contribution in [2.24, 2.45) is 0 Å². The lowest BCUT2D eigenvalue weighted by atomic mass is 9.97. The Hall–Kier alpha value is -2.07. The van der Waals surface area contributed by atoms with Crippen LogP contribution in [0.4, 0.5) is 17.2 Å². The van der Waals surface area contributed by atoms with E-state index in [9.17, 15) is 4.79 Å². The lowest BCUT2D eigenvalue weighted by Crippen LogP contribution is -2.27. The fourth-order valence-electron chi connectivity index (χ4n) is 3.51. The fourth-order valence-corrected chi connectivity index (χ4v) is 5.15. The molecule has 2 aromatic heterocycles. The summed E-state index contributed by atoms with van der Waals surface area (Å²) in [7, 11) is 3.35. The number of carbonyl (C=O) groups excluding carboxylic acids is 1. The number of nitrogens with one attached hydrogen (secondary N) is 1. The number of amides is 1. The van der Waals surface area contributed by atoms with Crippen LogP contribution < -0.4 is 11.1 Å². The molecule has 0 spiro atoms. The first-order valence-corrected chi connectivity index (χ1v) is 12.0. The van der Waals surface area contributed by atoms with Gasteiger partial charge in [0.2, 0.25) is 6.41 Å². The predicted octanol–water partition coefficient (Wildman–Crippen LogP) is 4.95. The number of aromatic nitrogens is 2. The van der Waals surface area contributed by atoms with Gasteiger partial charge in [-0.15, -0.1) is 24.0 Å². The number of anilines is 3. The van der Waals surface area contributed by atoms with Crippen molar-refractivity contribution in [1.82, 2.24) is 14.9 Å². The summed E-state index contributed by atoms with van der Waals surface area (Å²) < 4.78 is 4.92. The number of thiol groups is 1. The van der Waals surface area contributed by atoms with Gasteiger partial charge < -0.3 is 20.7 Å². The van der Waals surface area contributed by atoms with Crippen LogP contribution in [0.1, 0.15) is 30.2 Å². The molecule has 10 heteroatoms. The maximum Gasteiger partial charge on any atom is 0.209 e. The van der Waals surface area contributed by atoms with Crippen molar-refractivity contribution in [1.29, 1.82) is 0 Å². The number of aryl methyl sites for hydroxylation is 2. The van der Waals surface area contributed by atoms with E-state index in [0.717, 1.165) is 41.0 Å². The van der Waals surface area contributed by atoms with Gasteiger partial charge in [-0.05, 0) is 50.3 Å². The molecule has 32 heavy (non-hydrogen) atoms. The molecule has 0 radical (unpaired) electrons. The van der Waals surface area contributed by atoms with Gasteiger partial charge >= 0.3 is 0 Å². The molecule has 3 N–H and O–H groups in total. The van der Waals surface area contributed by atoms with E-state index in [0.29, 0.717) is 22.2 Å². The molecule has 172 valence electrons. The molecule has 1 aromatic carbocycles. The van der Waals surface area contributed by atoms with Gasteiger partial charge in [0, 0.05) is 36.2 Å². The summed E-state index contributed by atoms with van der Waals surface area (Å²) in [5.74, 6) is 0.800. The fraction of sp³-hybridized carbons (Fsp3) is 0.409. The SMILES string of the molecule is COC(C)CN(C)C=O.Nc1cc(Cl)c(Nc2ncnc3sc4c(c23)CCCC4)cc1S. The topological polar surface area (TPSA) is 93.4 Å². The highest BCUT2D eigenvalue weighted by molar-refractivity contribution is 7.80. The number of nitrogens with two attached hydrogens (primary N) is 1. The van der Waals surface area contributed by atoms with Crippen LogP contribution in [0.5, 0.6) is 0 Å². The molecular weight excluding hydrogens is 466 g/mol. The summed E-state index contributed by atoms with van der Waals surface area (Å²) >= 11 is 12.4. The van der Waals surface area contributed by atoms with Crippen molar-refractivity contribution in [2.45, 2.75) is 43.6 Å². The molecule has 1 amide bonds. The molecule has 0 fully saturated rings. The summed E-state index contributed by atoms with van der Waals surface area (Å²) in [6.07, 6.45) is 7.21. The van der Waals surface area contributed by atoms with E-state index in [1.54, 1.807) is 42.8 Å². The molecule has 1 atom stereocenters. The molecule has 0 aliphatic heterocycles. The van der Waals surface area contributed by atoms with Gasteiger partial charge in [-0.3, -0.25) is 4.79 Å². The maximum atomic E-state index is 10.0. The number of benzene rings is 1. The minimum Gasteiger partial charge on any atom is -0.398 e. The minimum absolute atomic E-state index is 0.125. The standard InChI is InChI=1S/C16H15ClN4S2.C6H13NO2/c17-9-5-10(18)12(22)6-11(9)21-15-14-8-3-1-2-4-13(8)23-16(14)20-7-19-15;1-6(9-3)4-7(2)5-8/h5-7,22H,1-4,18H2,(H,19,20,21);5-6H,4H2,1-3H3. The minimum atomic E-state index is 0.125. The van der Waals surface area contributed by atoms with Crippen molar-refractivity contribution in [3.63, 3.8) is 0 Å². The zero-order valence-electron chi connectivity index (χ0n) is 18.4. The van der Waals surface area contributed by atoms with E-state index in [1.165, 1.54) is 23.3 Å². The number of ether oxygens (including phenoxy) is 1. The zero-order valence-corrected chi connectivity index (χ0v) is 20.9. The normalized spacial score (nSPS) is 13.7. The van der Waals surface area contributed by atoms with E-state index in [4.69, 9.17) is 22.1 Å². The molecule has 0 bridgehead atoms. The number of rotatable bonds is 6. The maximum absolute atomic E-state index is 10.0. The molecule has 1 aliphatic rings. The van der Waals surface area contributed by atoms with Crippen LogP contribution in [-0.4, -0.2) is 48.1 Å². The Morgan fingerprint density at radius 3 is 2.84 bits per heavy atom. The quantitative estimate of drug-likeness (QED) is 0.255. The lowest BCUT2D eigenvalue weighted by molar-refractivity contribution is -0.118. The number of halogens is 1. The number of methoxy groups -OCH3 is 1. The number of thiophene rings is 1. The first-order valence-electron chi connectivity index (χ1n) is 10.3. The smallest absolute Gasteiger partial charge is 0.209 e. The number of hydrogen-bond acceptors (Lipinski definition) is 8. The van der Waals surface area contributed by atoms with E-state index < -0.39 is 0 Å². The third kappa shape index (κ3) is 5.83. The lowest BCUT2D eigenvalue weighted by Gasteiger charge is -2.14. The van der Waals surface area contributed by atoms with Crippen molar-refractivity contribution in [3.8, 4) is 0 Å². The monoisotopic (exact) mass is 493 g/mol. The Labute approximate surface area is 202 Å². The third-order valence-corrected chi connectivity index (χ3v) is 7.15. The first kappa shape index (κ1) is 24.6. The number of likely N-dealkylation sites (N-methyl/N-ethyl adjacent to an activating group) is 1. The molecule has 2 heterocycles. The summed E-state index contributed by atoms with van der Waals surface area (Å²) in [4.78, 5) is 23.6. The van der Waals surface area contributed by atoms with Crippen molar-refractivity contribution in [3.05, 3.63) is 33.9 Å². The molecular formula is C22H28ClN5O2S2. The van der Waals surface area contributed by atoms with Crippen LogP contribution in [0.3, 0.4) is 0 Å². The molecule has 3 aromatic rings. The van der Waals surface area contributed by atoms with Crippen LogP contribution in [0.15, 0.2) is 23.4 Å². The molecule has 1 unspecified atom stereocenters. The van der Waals surface area contributed by atoms with E-state index >= 15 is 0 Å². The van der Waals surface area contributed by atoms with Crippen LogP contribution in [-0.2, 0) is 22.4 Å². The Morgan fingerprint density at radius 1 is 1.38 bits per heavy atom. The van der Waals surface area contributed by atoms with Crippen LogP contribution in [0.25, 0.3) is 10.2 Å². The van der Waals surface area contributed by atoms with Crippen LogP contribution in [0, 0.1) is 0 Å². The van der Waals surface area contributed by atoms with E-state index in [-0.39, 0.29) is 6.10 Å². The molecule has 0 saturated carbocycles. The van der Waals surface area contributed by atoms with Gasteiger partial charge in [-0.2, -0.15) is 0 Å². The molecule has 4 rings (SSSR count). The van der Waals surface area contributed by atoms with Gasteiger partial charge in [-0.1, -0.05) is 11.6 Å². The highest BCUT2D eigenvalue weighted by atomic mass is 35.5. The highest BCUT2D eigenvalue weighted by Gasteiger charge is 2.20. The number of nitrogens with zero attached hydrogens (tertiary/aromatic N) is 3. The van der Waals surface area contributed by atoms with Crippen LogP contribution in [0.2, 0.25) is 5.02 Å². The number of nitrogen functional groups attached to an aromatic ring is 1. The van der Waals surface area contributed by atoms with Gasteiger partial charge in [0.05, 0.1) is 22.2 Å². The summed E-state index contributed by atoms with van der Waals surface area (Å²) in [6.45, 7) is 2.57. The average molecular weight is 494 g/mol. The molecule has 1 aliphatic carbocycles. The second kappa shape index (κ2) is 11.2. The number of fused-ring (bicyclic) bond motifs is 3. The Balaban J connectivity index is 0.000000275. The van der Waals surface area contributed by atoms with Gasteiger partial charge in [0.15, 0.2) is 0 Å². The first-order chi connectivity index (χ1) is 15.3. The predicted molar refractivity (Wildman–Crippen MR) is 136 cm³/mol. The van der Waals surface area contributed by atoms with Gasteiger partial charge in [0.25, 0.3) is 0 Å². The van der Waals surface area contributed by atoms with Gasteiger partial charge in [-0.25, -0.2) is 9.97 Å². The zero-order chi connectivity index (χ0) is 23.3. The van der Waals surface area contributed by atoms with Crippen LogP contribution >= 0.6 is 35.6 Å². The van der Waals surface area contributed by atoms with E-state index in [2.05, 4.69) is 27.9 Å². The largest absolute Gasteiger partial charge is 0.398 e. The summed E-state index contributed by atoms with van der Waals surface area (Å²) in [6, 6.07) is 3.53. The Morgan fingerprint density at radius 2 is 2.12 bits per heavy atom. The summed E-state index contributed by atoms with van der Waals surface area (Å²) in [5, 5.41) is 5.02. The second-order valence-corrected chi connectivity index (χ2v) is 9.69. The van der Waals surface area contributed by atoms with Gasteiger partial charge in [0.1, 0.15) is 17.0 Å². The average Bonchev–Trinajstić information content (AvgIpc) is 3.17. The summed E-state index contributed by atoms with van der Waals surface area (Å²) in [5.41, 5.74) is 8.53. The van der Waals surface area contributed by atoms with Crippen molar-refractivity contribution < 1.29 is 9.53 Å². The second-order valence-electron chi connectivity index (χ2n) is 7.72. The number of carbonyl (C=O) groups is 1. The van der Waals surface area contributed by atoms with Crippen molar-refractivity contribution >= 4 is 69.4 Å². The number of hydrogen-bond donors (Lipinski definition) is 3. The molecule has 0 saturated heterocycles. The Kier molecular flexibility index (Phi) is 8.58. The highest BCUT2D eigenvalue weighted by Crippen LogP contribution is 2.40. The Bertz CT molecular complexity index is 1090.